The molecule has 0 heterocycles. The zero-order chi connectivity index (χ0) is 8.04. The SMILES string of the molecule is CCCS(=O)(=O)CCC=O. The Hall–Kier alpha value is -0.380. The Morgan fingerprint density at radius 3 is 2.30 bits per heavy atom. The third-order valence-corrected chi connectivity index (χ3v) is 2.95. The van der Waals surface area contributed by atoms with Crippen LogP contribution in [0.4, 0.5) is 0 Å². The molecule has 0 aliphatic heterocycles. The van der Waals surface area contributed by atoms with Crippen LogP contribution in [0, 0.1) is 0 Å². The zero-order valence-electron chi connectivity index (χ0n) is 6.04. The maximum absolute atomic E-state index is 10.8. The van der Waals surface area contributed by atoms with E-state index in [1.807, 2.05) is 0 Å². The summed E-state index contributed by atoms with van der Waals surface area (Å²) in [4.78, 5) is 9.79. The standard InChI is InChI=1S/C6H12O3S/c1-2-5-10(8,9)6-3-4-7/h4H,2-3,5-6H2,1H3. The van der Waals surface area contributed by atoms with Gasteiger partial charge in [0.25, 0.3) is 0 Å². The summed E-state index contributed by atoms with van der Waals surface area (Å²) in [5.41, 5.74) is 0. The van der Waals surface area contributed by atoms with E-state index in [4.69, 9.17) is 0 Å². The lowest BCUT2D eigenvalue weighted by molar-refractivity contribution is -0.107. The van der Waals surface area contributed by atoms with Crippen molar-refractivity contribution < 1.29 is 13.2 Å². The van der Waals surface area contributed by atoms with Gasteiger partial charge in [0.05, 0.1) is 5.75 Å². The van der Waals surface area contributed by atoms with Gasteiger partial charge in [-0.1, -0.05) is 6.92 Å². The van der Waals surface area contributed by atoms with Crippen molar-refractivity contribution >= 4 is 16.1 Å². The van der Waals surface area contributed by atoms with Crippen molar-refractivity contribution in [2.75, 3.05) is 11.5 Å². The molecule has 60 valence electrons. The minimum atomic E-state index is -2.93. The van der Waals surface area contributed by atoms with Crippen LogP contribution in [0.5, 0.6) is 0 Å². The predicted octanol–water partition coefficient (Wildman–Crippen LogP) is 0.400. The van der Waals surface area contributed by atoms with Gasteiger partial charge in [-0.05, 0) is 6.42 Å². The molecule has 0 saturated heterocycles. The largest absolute Gasteiger partial charge is 0.303 e. The molecule has 0 N–H and O–H groups in total. The van der Waals surface area contributed by atoms with E-state index in [0.29, 0.717) is 12.7 Å². The fraction of sp³-hybridized carbons (Fsp3) is 0.833. The molecular weight excluding hydrogens is 152 g/mol. The first-order valence-corrected chi connectivity index (χ1v) is 5.08. The van der Waals surface area contributed by atoms with E-state index in [1.54, 1.807) is 6.92 Å². The van der Waals surface area contributed by atoms with Crippen LogP contribution in [0.2, 0.25) is 0 Å². The summed E-state index contributed by atoms with van der Waals surface area (Å²) in [6.45, 7) is 1.80. The molecule has 0 aliphatic rings. The molecule has 0 bridgehead atoms. The van der Waals surface area contributed by atoms with Crippen LogP contribution in [0.15, 0.2) is 0 Å². The van der Waals surface area contributed by atoms with E-state index in [9.17, 15) is 13.2 Å². The van der Waals surface area contributed by atoms with Gasteiger partial charge >= 0.3 is 0 Å². The van der Waals surface area contributed by atoms with Gasteiger partial charge in [-0.2, -0.15) is 0 Å². The first kappa shape index (κ1) is 9.62. The number of hydrogen-bond acceptors (Lipinski definition) is 3. The van der Waals surface area contributed by atoms with Gasteiger partial charge in [-0.3, -0.25) is 0 Å². The Labute approximate surface area is 61.4 Å². The molecule has 0 aromatic rings. The van der Waals surface area contributed by atoms with Crippen LogP contribution in [0.25, 0.3) is 0 Å². The second-order valence-corrected chi connectivity index (χ2v) is 4.41. The highest BCUT2D eigenvalue weighted by Gasteiger charge is 2.06. The number of carbonyl (C=O) groups excluding carboxylic acids is 1. The summed E-state index contributed by atoms with van der Waals surface area (Å²) in [5, 5.41) is 0. The van der Waals surface area contributed by atoms with Gasteiger partial charge < -0.3 is 4.79 Å². The molecule has 10 heavy (non-hydrogen) atoms. The number of rotatable bonds is 5. The summed E-state index contributed by atoms with van der Waals surface area (Å²) in [6, 6.07) is 0. The molecule has 4 heteroatoms. The molecule has 0 rings (SSSR count). The summed E-state index contributed by atoms with van der Waals surface area (Å²) in [6.07, 6.45) is 1.39. The van der Waals surface area contributed by atoms with Crippen LogP contribution in [0.3, 0.4) is 0 Å². The van der Waals surface area contributed by atoms with Crippen molar-refractivity contribution in [2.45, 2.75) is 19.8 Å². The van der Waals surface area contributed by atoms with Gasteiger partial charge in [0.2, 0.25) is 0 Å². The molecular formula is C6H12O3S. The second-order valence-electron chi connectivity index (χ2n) is 2.11. The Bertz CT molecular complexity index is 181. The van der Waals surface area contributed by atoms with Gasteiger partial charge in [0.15, 0.2) is 9.84 Å². The molecule has 0 saturated carbocycles. The molecule has 0 unspecified atom stereocenters. The summed E-state index contributed by atoms with van der Waals surface area (Å²) in [7, 11) is -2.93. The summed E-state index contributed by atoms with van der Waals surface area (Å²) in [5.74, 6) is 0.200. The van der Waals surface area contributed by atoms with Crippen molar-refractivity contribution in [3.8, 4) is 0 Å². The molecule has 0 atom stereocenters. The third-order valence-electron chi connectivity index (χ3n) is 1.06. The smallest absolute Gasteiger partial charge is 0.150 e. The molecule has 0 spiro atoms. The zero-order valence-corrected chi connectivity index (χ0v) is 6.86. The molecule has 0 aromatic heterocycles. The van der Waals surface area contributed by atoms with E-state index in [2.05, 4.69) is 0 Å². The summed E-state index contributed by atoms with van der Waals surface area (Å²) < 4.78 is 21.7. The van der Waals surface area contributed by atoms with Crippen molar-refractivity contribution in [3.63, 3.8) is 0 Å². The number of sulfone groups is 1. The van der Waals surface area contributed by atoms with Gasteiger partial charge in [0.1, 0.15) is 6.29 Å². The highest BCUT2D eigenvalue weighted by molar-refractivity contribution is 7.91. The van der Waals surface area contributed by atoms with Crippen LogP contribution in [-0.2, 0) is 14.6 Å². The van der Waals surface area contributed by atoms with Crippen molar-refractivity contribution in [3.05, 3.63) is 0 Å². The molecule has 3 nitrogen and oxygen atoms in total. The van der Waals surface area contributed by atoms with Crippen molar-refractivity contribution in [2.24, 2.45) is 0 Å². The normalized spacial score (nSPS) is 11.3. The van der Waals surface area contributed by atoms with E-state index in [-0.39, 0.29) is 17.9 Å². The van der Waals surface area contributed by atoms with E-state index >= 15 is 0 Å². The number of carbonyl (C=O) groups is 1. The second kappa shape index (κ2) is 4.44. The Balaban J connectivity index is 3.76. The highest BCUT2D eigenvalue weighted by atomic mass is 32.2. The molecule has 0 amide bonds. The van der Waals surface area contributed by atoms with E-state index in [1.165, 1.54) is 0 Å². The highest BCUT2D eigenvalue weighted by Crippen LogP contribution is 1.94. The molecule has 0 radical (unpaired) electrons. The monoisotopic (exact) mass is 164 g/mol. The third kappa shape index (κ3) is 4.49. The fourth-order valence-corrected chi connectivity index (χ4v) is 1.92. The first-order valence-electron chi connectivity index (χ1n) is 3.26. The Morgan fingerprint density at radius 1 is 1.30 bits per heavy atom. The fourth-order valence-electron chi connectivity index (χ4n) is 0.641. The minimum absolute atomic E-state index is 0.00431. The van der Waals surface area contributed by atoms with Crippen LogP contribution in [0.1, 0.15) is 19.8 Å². The van der Waals surface area contributed by atoms with Gasteiger partial charge in [-0.25, -0.2) is 8.42 Å². The van der Waals surface area contributed by atoms with E-state index in [0.717, 1.165) is 0 Å². The molecule has 0 aromatic carbocycles. The Morgan fingerprint density at radius 2 is 1.90 bits per heavy atom. The van der Waals surface area contributed by atoms with Gasteiger partial charge in [-0.15, -0.1) is 0 Å². The van der Waals surface area contributed by atoms with Crippen LogP contribution in [-0.4, -0.2) is 26.2 Å². The topological polar surface area (TPSA) is 51.2 Å². The quantitative estimate of drug-likeness (QED) is 0.553. The van der Waals surface area contributed by atoms with Crippen LogP contribution < -0.4 is 0 Å². The van der Waals surface area contributed by atoms with Crippen molar-refractivity contribution in [1.82, 2.24) is 0 Å². The maximum Gasteiger partial charge on any atom is 0.150 e. The van der Waals surface area contributed by atoms with E-state index < -0.39 is 9.84 Å². The minimum Gasteiger partial charge on any atom is -0.303 e. The number of hydrogen-bond donors (Lipinski definition) is 0. The molecule has 0 fully saturated rings. The number of aldehydes is 1. The maximum atomic E-state index is 10.8. The average molecular weight is 164 g/mol. The van der Waals surface area contributed by atoms with Gasteiger partial charge in [0, 0.05) is 12.2 Å². The van der Waals surface area contributed by atoms with Crippen LogP contribution >= 0.6 is 0 Å². The average Bonchev–Trinajstić information content (AvgIpc) is 1.84. The lowest BCUT2D eigenvalue weighted by Gasteiger charge is -1.96. The summed E-state index contributed by atoms with van der Waals surface area (Å²) >= 11 is 0. The lowest BCUT2D eigenvalue weighted by Crippen LogP contribution is -2.10. The Kier molecular flexibility index (Phi) is 4.27. The first-order chi connectivity index (χ1) is 4.62. The predicted molar refractivity (Wildman–Crippen MR) is 39.6 cm³/mol. The lowest BCUT2D eigenvalue weighted by atomic mass is 10.6. The molecule has 0 aliphatic carbocycles. The van der Waals surface area contributed by atoms with Crippen molar-refractivity contribution in [1.29, 1.82) is 0 Å².